The van der Waals surface area contributed by atoms with E-state index in [1.165, 1.54) is 5.56 Å². The standard InChI is InChI=1S/C22H27N5O2/c23-19(28)11-12-24-22(29)16-8-5-13-27(14-16)21-17-9-4-10-18(17)25-20(26-21)15-6-2-1-3-7-15/h1-3,6-7,16H,4-5,8-14H2,(H2,23,28)(H,24,29). The van der Waals surface area contributed by atoms with Crippen molar-refractivity contribution in [2.75, 3.05) is 24.5 Å². The molecule has 2 amide bonds. The molecule has 1 atom stereocenters. The Morgan fingerprint density at radius 3 is 2.76 bits per heavy atom. The van der Waals surface area contributed by atoms with Crippen LogP contribution in [0.25, 0.3) is 11.4 Å². The lowest BCUT2D eigenvalue weighted by atomic mass is 9.96. The van der Waals surface area contributed by atoms with Crippen LogP contribution in [-0.4, -0.2) is 41.4 Å². The van der Waals surface area contributed by atoms with Crippen LogP contribution in [0.3, 0.4) is 0 Å². The van der Waals surface area contributed by atoms with Crippen LogP contribution < -0.4 is 16.0 Å². The summed E-state index contributed by atoms with van der Waals surface area (Å²) in [6.07, 6.45) is 5.02. The van der Waals surface area contributed by atoms with E-state index in [2.05, 4.69) is 10.2 Å². The number of amides is 2. The highest BCUT2D eigenvalue weighted by atomic mass is 16.2. The van der Waals surface area contributed by atoms with Gasteiger partial charge in [0, 0.05) is 42.9 Å². The molecule has 2 aliphatic rings. The molecule has 7 nitrogen and oxygen atoms in total. The maximum Gasteiger partial charge on any atom is 0.224 e. The van der Waals surface area contributed by atoms with E-state index < -0.39 is 5.91 Å². The molecule has 4 rings (SSSR count). The monoisotopic (exact) mass is 393 g/mol. The van der Waals surface area contributed by atoms with Gasteiger partial charge in [-0.3, -0.25) is 9.59 Å². The first-order valence-electron chi connectivity index (χ1n) is 10.4. The van der Waals surface area contributed by atoms with Gasteiger partial charge in [0.2, 0.25) is 11.8 Å². The Morgan fingerprint density at radius 1 is 1.14 bits per heavy atom. The summed E-state index contributed by atoms with van der Waals surface area (Å²) in [5.74, 6) is 1.23. The lowest BCUT2D eigenvalue weighted by Crippen LogP contribution is -2.44. The number of nitrogens with zero attached hydrogens (tertiary/aromatic N) is 3. The number of rotatable bonds is 6. The predicted molar refractivity (Wildman–Crippen MR) is 111 cm³/mol. The van der Waals surface area contributed by atoms with Crippen molar-refractivity contribution in [1.29, 1.82) is 0 Å². The summed E-state index contributed by atoms with van der Waals surface area (Å²) in [4.78, 5) is 35.5. The Kier molecular flexibility index (Phi) is 5.74. The number of primary amides is 1. The molecule has 2 aromatic rings. The van der Waals surface area contributed by atoms with Crippen molar-refractivity contribution in [3.8, 4) is 11.4 Å². The maximum atomic E-state index is 12.6. The lowest BCUT2D eigenvalue weighted by Gasteiger charge is -2.34. The average Bonchev–Trinajstić information content (AvgIpc) is 3.22. The highest BCUT2D eigenvalue weighted by Gasteiger charge is 2.30. The minimum atomic E-state index is -0.402. The summed E-state index contributed by atoms with van der Waals surface area (Å²) in [5.41, 5.74) is 8.55. The van der Waals surface area contributed by atoms with E-state index in [1.807, 2.05) is 30.3 Å². The summed E-state index contributed by atoms with van der Waals surface area (Å²) in [5, 5.41) is 2.85. The van der Waals surface area contributed by atoms with Crippen molar-refractivity contribution in [2.24, 2.45) is 11.7 Å². The van der Waals surface area contributed by atoms with Crippen LogP contribution in [0.15, 0.2) is 30.3 Å². The Bertz CT molecular complexity index is 900. The maximum absolute atomic E-state index is 12.6. The molecule has 1 aliphatic carbocycles. The third kappa shape index (κ3) is 4.39. The van der Waals surface area contributed by atoms with Crippen LogP contribution in [0.1, 0.15) is 36.9 Å². The summed E-state index contributed by atoms with van der Waals surface area (Å²) in [7, 11) is 0. The third-order valence-electron chi connectivity index (χ3n) is 5.71. The highest BCUT2D eigenvalue weighted by molar-refractivity contribution is 5.81. The van der Waals surface area contributed by atoms with E-state index in [1.54, 1.807) is 0 Å². The molecule has 1 aromatic heterocycles. The number of hydrogen-bond donors (Lipinski definition) is 2. The first kappa shape index (κ1) is 19.4. The number of carbonyl (C=O) groups is 2. The molecular formula is C22H27N5O2. The normalized spacial score (nSPS) is 18.3. The van der Waals surface area contributed by atoms with Crippen LogP contribution in [0, 0.1) is 5.92 Å². The molecule has 29 heavy (non-hydrogen) atoms. The highest BCUT2D eigenvalue weighted by Crippen LogP contribution is 2.33. The zero-order valence-corrected chi connectivity index (χ0v) is 16.6. The van der Waals surface area contributed by atoms with Gasteiger partial charge in [-0.15, -0.1) is 0 Å². The molecule has 1 aliphatic heterocycles. The number of aryl methyl sites for hydroxylation is 1. The van der Waals surface area contributed by atoms with Gasteiger partial charge in [-0.2, -0.15) is 0 Å². The summed E-state index contributed by atoms with van der Waals surface area (Å²) < 4.78 is 0. The minimum Gasteiger partial charge on any atom is -0.370 e. The fraction of sp³-hybridized carbons (Fsp3) is 0.455. The van der Waals surface area contributed by atoms with Crippen LogP contribution >= 0.6 is 0 Å². The van der Waals surface area contributed by atoms with Gasteiger partial charge < -0.3 is 16.0 Å². The molecule has 1 aromatic carbocycles. The molecule has 3 N–H and O–H groups in total. The minimum absolute atomic E-state index is 0.00932. The molecular weight excluding hydrogens is 366 g/mol. The second kappa shape index (κ2) is 8.59. The van der Waals surface area contributed by atoms with Crippen molar-refractivity contribution in [2.45, 2.75) is 38.5 Å². The lowest BCUT2D eigenvalue weighted by molar-refractivity contribution is -0.125. The SMILES string of the molecule is NC(=O)CCNC(=O)C1CCCN(c2nc(-c3ccccc3)nc3c2CCC3)C1. The zero-order valence-electron chi connectivity index (χ0n) is 16.6. The largest absolute Gasteiger partial charge is 0.370 e. The Morgan fingerprint density at radius 2 is 1.97 bits per heavy atom. The van der Waals surface area contributed by atoms with Crippen LogP contribution in [-0.2, 0) is 22.4 Å². The number of piperidine rings is 1. The average molecular weight is 393 g/mol. The Balaban J connectivity index is 1.55. The first-order chi connectivity index (χ1) is 14.1. The van der Waals surface area contributed by atoms with Crippen LogP contribution in [0.2, 0.25) is 0 Å². The van der Waals surface area contributed by atoms with Crippen molar-refractivity contribution in [1.82, 2.24) is 15.3 Å². The van der Waals surface area contributed by atoms with Gasteiger partial charge in [-0.25, -0.2) is 9.97 Å². The van der Waals surface area contributed by atoms with E-state index in [4.69, 9.17) is 15.7 Å². The van der Waals surface area contributed by atoms with Gasteiger partial charge in [0.05, 0.1) is 5.92 Å². The van der Waals surface area contributed by atoms with Gasteiger partial charge in [0.1, 0.15) is 5.82 Å². The fourth-order valence-electron chi connectivity index (χ4n) is 4.23. The number of nitrogens with one attached hydrogen (secondary N) is 1. The number of aromatic nitrogens is 2. The van der Waals surface area contributed by atoms with Crippen molar-refractivity contribution in [3.63, 3.8) is 0 Å². The summed E-state index contributed by atoms with van der Waals surface area (Å²) >= 11 is 0. The number of benzene rings is 1. The van der Waals surface area contributed by atoms with Crippen molar-refractivity contribution < 1.29 is 9.59 Å². The van der Waals surface area contributed by atoms with E-state index in [-0.39, 0.29) is 18.2 Å². The van der Waals surface area contributed by atoms with Crippen LogP contribution in [0.5, 0.6) is 0 Å². The van der Waals surface area contributed by atoms with E-state index in [9.17, 15) is 9.59 Å². The van der Waals surface area contributed by atoms with E-state index in [0.717, 1.165) is 61.5 Å². The smallest absolute Gasteiger partial charge is 0.224 e. The quantitative estimate of drug-likeness (QED) is 0.780. The Hall–Kier alpha value is -2.96. The van der Waals surface area contributed by atoms with Crippen LogP contribution in [0.4, 0.5) is 5.82 Å². The third-order valence-corrected chi connectivity index (χ3v) is 5.71. The second-order valence-electron chi connectivity index (χ2n) is 7.81. The van der Waals surface area contributed by atoms with Gasteiger partial charge in [0.15, 0.2) is 5.82 Å². The molecule has 0 bridgehead atoms. The van der Waals surface area contributed by atoms with Gasteiger partial charge in [0.25, 0.3) is 0 Å². The van der Waals surface area contributed by atoms with Gasteiger partial charge >= 0.3 is 0 Å². The van der Waals surface area contributed by atoms with E-state index >= 15 is 0 Å². The first-order valence-corrected chi connectivity index (χ1v) is 10.4. The molecule has 1 fully saturated rings. The molecule has 0 saturated carbocycles. The van der Waals surface area contributed by atoms with Crippen molar-refractivity contribution >= 4 is 17.6 Å². The van der Waals surface area contributed by atoms with Gasteiger partial charge in [-0.05, 0) is 32.1 Å². The molecule has 7 heteroatoms. The molecule has 0 radical (unpaired) electrons. The fourth-order valence-corrected chi connectivity index (χ4v) is 4.23. The van der Waals surface area contributed by atoms with E-state index in [0.29, 0.717) is 13.1 Å². The summed E-state index contributed by atoms with van der Waals surface area (Å²) in [6, 6.07) is 10.1. The summed E-state index contributed by atoms with van der Waals surface area (Å²) in [6.45, 7) is 1.83. The predicted octanol–water partition coefficient (Wildman–Crippen LogP) is 1.84. The van der Waals surface area contributed by atoms with Crippen molar-refractivity contribution in [3.05, 3.63) is 41.6 Å². The second-order valence-corrected chi connectivity index (χ2v) is 7.81. The number of fused-ring (bicyclic) bond motifs is 1. The molecule has 0 spiro atoms. The number of carbonyl (C=O) groups excluding carboxylic acids is 2. The molecule has 1 unspecified atom stereocenters. The zero-order chi connectivity index (χ0) is 20.2. The number of anilines is 1. The number of hydrogen-bond acceptors (Lipinski definition) is 5. The Labute approximate surface area is 170 Å². The van der Waals surface area contributed by atoms with Gasteiger partial charge in [-0.1, -0.05) is 30.3 Å². The topological polar surface area (TPSA) is 101 Å². The molecule has 2 heterocycles. The molecule has 1 saturated heterocycles. The molecule has 152 valence electrons. The number of nitrogens with two attached hydrogens (primary N) is 1.